The van der Waals surface area contributed by atoms with Gasteiger partial charge in [-0.1, -0.05) is 0 Å². The molecular formula is C12H17N5O3. The molecule has 0 saturated carbocycles. The molecule has 1 fully saturated rings. The van der Waals surface area contributed by atoms with E-state index in [1.165, 1.54) is 9.36 Å². The molecule has 1 aliphatic heterocycles. The van der Waals surface area contributed by atoms with Gasteiger partial charge in [0.1, 0.15) is 17.9 Å². The quantitative estimate of drug-likeness (QED) is 0.797. The van der Waals surface area contributed by atoms with Crippen molar-refractivity contribution >= 4 is 0 Å². The van der Waals surface area contributed by atoms with Crippen LogP contribution in [0.3, 0.4) is 0 Å². The van der Waals surface area contributed by atoms with Gasteiger partial charge in [0.25, 0.3) is 0 Å². The lowest BCUT2D eigenvalue weighted by molar-refractivity contribution is 0.0731. The summed E-state index contributed by atoms with van der Waals surface area (Å²) in [6, 6.07) is -0.346. The van der Waals surface area contributed by atoms with Crippen LogP contribution in [0.5, 0.6) is 0 Å². The van der Waals surface area contributed by atoms with Crippen LogP contribution in [-0.4, -0.2) is 39.1 Å². The minimum Gasteiger partial charge on any atom is -0.490 e. The van der Waals surface area contributed by atoms with E-state index in [2.05, 4.69) is 10.4 Å². The molecule has 1 aliphatic carbocycles. The third-order valence-electron chi connectivity index (χ3n) is 3.45. The zero-order valence-corrected chi connectivity index (χ0v) is 11.2. The zero-order valence-electron chi connectivity index (χ0n) is 11.2. The first-order chi connectivity index (χ1) is 9.65. The van der Waals surface area contributed by atoms with Gasteiger partial charge in [-0.25, -0.2) is 4.79 Å². The van der Waals surface area contributed by atoms with Gasteiger partial charge in [-0.2, -0.15) is 9.36 Å². The highest BCUT2D eigenvalue weighted by molar-refractivity contribution is 5.23. The molecule has 0 aromatic carbocycles. The van der Waals surface area contributed by atoms with E-state index in [9.17, 15) is 4.79 Å². The summed E-state index contributed by atoms with van der Waals surface area (Å²) in [5.41, 5.74) is 6.25. The van der Waals surface area contributed by atoms with Gasteiger partial charge in [0.05, 0.1) is 13.2 Å². The van der Waals surface area contributed by atoms with E-state index >= 15 is 0 Å². The van der Waals surface area contributed by atoms with Crippen LogP contribution in [0.15, 0.2) is 28.4 Å². The van der Waals surface area contributed by atoms with Gasteiger partial charge in [0.2, 0.25) is 0 Å². The first-order valence-corrected chi connectivity index (χ1v) is 6.54. The van der Waals surface area contributed by atoms with Crippen LogP contribution >= 0.6 is 0 Å². The van der Waals surface area contributed by atoms with E-state index in [4.69, 9.17) is 15.2 Å². The fourth-order valence-corrected chi connectivity index (χ4v) is 2.34. The summed E-state index contributed by atoms with van der Waals surface area (Å²) in [6.07, 6.45) is 4.94. The summed E-state index contributed by atoms with van der Waals surface area (Å²) in [5, 5.41) is 7.61. The lowest BCUT2D eigenvalue weighted by Gasteiger charge is -2.25. The van der Waals surface area contributed by atoms with Crippen molar-refractivity contribution in [3.8, 4) is 0 Å². The molecule has 2 atom stereocenters. The Morgan fingerprint density at radius 1 is 1.45 bits per heavy atom. The molecule has 1 unspecified atom stereocenters. The first kappa shape index (κ1) is 12.9. The van der Waals surface area contributed by atoms with Gasteiger partial charge in [0.15, 0.2) is 0 Å². The van der Waals surface area contributed by atoms with Crippen LogP contribution < -0.4 is 11.4 Å². The number of rotatable bonds is 3. The standard InChI is InChI=1S/C12H17N5O3/c1-16-12(18)17(15-14-16)10-6-8(13)2-3-11(10)20-9-4-5-19-7-9/h2-3,9-10H,4-7,13H2,1H3/t9-,10?/m1/s1. The first-order valence-electron chi connectivity index (χ1n) is 6.54. The minimum atomic E-state index is -0.346. The second kappa shape index (κ2) is 5.12. The Labute approximate surface area is 115 Å². The number of ether oxygens (including phenoxy) is 2. The van der Waals surface area contributed by atoms with Gasteiger partial charge < -0.3 is 15.2 Å². The molecule has 2 N–H and O–H groups in total. The molecule has 8 heteroatoms. The van der Waals surface area contributed by atoms with Crippen LogP contribution in [-0.2, 0) is 16.5 Å². The van der Waals surface area contributed by atoms with Crippen molar-refractivity contribution in [3.63, 3.8) is 0 Å². The van der Waals surface area contributed by atoms with Crippen molar-refractivity contribution in [2.75, 3.05) is 13.2 Å². The number of aromatic nitrogens is 4. The van der Waals surface area contributed by atoms with E-state index < -0.39 is 0 Å². The smallest absolute Gasteiger partial charge is 0.364 e. The van der Waals surface area contributed by atoms with Crippen LogP contribution in [0.2, 0.25) is 0 Å². The molecule has 20 heavy (non-hydrogen) atoms. The van der Waals surface area contributed by atoms with Crippen LogP contribution in [0.4, 0.5) is 0 Å². The fourth-order valence-electron chi connectivity index (χ4n) is 2.34. The molecule has 1 aromatic heterocycles. The Morgan fingerprint density at radius 2 is 2.30 bits per heavy atom. The number of allylic oxidation sites excluding steroid dienone is 4. The lowest BCUT2D eigenvalue weighted by atomic mass is 10.0. The van der Waals surface area contributed by atoms with Gasteiger partial charge in [0, 0.05) is 25.6 Å². The summed E-state index contributed by atoms with van der Waals surface area (Å²) in [7, 11) is 1.56. The average Bonchev–Trinajstić information content (AvgIpc) is 3.04. The maximum absolute atomic E-state index is 12.0. The minimum absolute atomic E-state index is 0.0175. The van der Waals surface area contributed by atoms with Gasteiger partial charge >= 0.3 is 5.69 Å². The molecule has 2 aliphatic rings. The topological polar surface area (TPSA) is 97.2 Å². The summed E-state index contributed by atoms with van der Waals surface area (Å²) < 4.78 is 13.7. The van der Waals surface area contributed by atoms with Crippen LogP contribution in [0.25, 0.3) is 0 Å². The number of hydrogen-bond acceptors (Lipinski definition) is 6. The van der Waals surface area contributed by atoms with Gasteiger partial charge in [-0.15, -0.1) is 0 Å². The summed E-state index contributed by atoms with van der Waals surface area (Å²) in [6.45, 7) is 1.27. The van der Waals surface area contributed by atoms with Crippen molar-refractivity contribution < 1.29 is 9.47 Å². The fraction of sp³-hybridized carbons (Fsp3) is 0.583. The van der Waals surface area contributed by atoms with E-state index in [1.54, 1.807) is 19.2 Å². The molecule has 108 valence electrons. The van der Waals surface area contributed by atoms with E-state index in [-0.39, 0.29) is 17.8 Å². The van der Waals surface area contributed by atoms with Crippen molar-refractivity contribution in [3.05, 3.63) is 34.1 Å². The van der Waals surface area contributed by atoms with Gasteiger partial charge in [-0.3, -0.25) is 0 Å². The summed E-state index contributed by atoms with van der Waals surface area (Å²) in [5.74, 6) is 0.678. The highest BCUT2D eigenvalue weighted by atomic mass is 16.5. The molecular weight excluding hydrogens is 262 g/mol. The lowest BCUT2D eigenvalue weighted by Crippen LogP contribution is -2.31. The Kier molecular flexibility index (Phi) is 3.31. The van der Waals surface area contributed by atoms with Crippen molar-refractivity contribution in [1.82, 2.24) is 19.8 Å². The Balaban J connectivity index is 1.87. The van der Waals surface area contributed by atoms with E-state index in [0.29, 0.717) is 31.1 Å². The molecule has 0 bridgehead atoms. The highest BCUT2D eigenvalue weighted by Gasteiger charge is 2.28. The van der Waals surface area contributed by atoms with Crippen molar-refractivity contribution in [2.24, 2.45) is 12.8 Å². The molecule has 0 amide bonds. The average molecular weight is 279 g/mol. The molecule has 3 rings (SSSR count). The Morgan fingerprint density at radius 3 is 2.95 bits per heavy atom. The molecule has 0 radical (unpaired) electrons. The third-order valence-corrected chi connectivity index (χ3v) is 3.45. The van der Waals surface area contributed by atoms with E-state index in [1.807, 2.05) is 0 Å². The molecule has 2 heterocycles. The zero-order chi connectivity index (χ0) is 14.1. The Bertz CT molecular complexity index is 609. The number of hydrogen-bond donors (Lipinski definition) is 1. The second-order valence-corrected chi connectivity index (χ2v) is 4.96. The normalized spacial score (nSPS) is 26.2. The number of nitrogens with two attached hydrogens (primary N) is 1. The largest absolute Gasteiger partial charge is 0.490 e. The molecule has 1 aromatic rings. The second-order valence-electron chi connectivity index (χ2n) is 4.96. The van der Waals surface area contributed by atoms with Crippen molar-refractivity contribution in [2.45, 2.75) is 25.0 Å². The van der Waals surface area contributed by atoms with Crippen molar-refractivity contribution in [1.29, 1.82) is 0 Å². The summed E-state index contributed by atoms with van der Waals surface area (Å²) >= 11 is 0. The monoisotopic (exact) mass is 279 g/mol. The maximum Gasteiger partial charge on any atom is 0.364 e. The predicted molar refractivity (Wildman–Crippen MR) is 69.6 cm³/mol. The molecule has 1 saturated heterocycles. The number of nitrogens with zero attached hydrogens (tertiary/aromatic N) is 4. The van der Waals surface area contributed by atoms with E-state index in [0.717, 1.165) is 6.42 Å². The van der Waals surface area contributed by atoms with Crippen LogP contribution in [0.1, 0.15) is 18.9 Å². The SMILES string of the molecule is Cn1nnn(C2CC(N)=CC=C2O[C@@H]2CCOC2)c1=O. The third kappa shape index (κ3) is 2.34. The number of aryl methyl sites for hydroxylation is 1. The number of tetrazole rings is 1. The molecule has 8 nitrogen and oxygen atoms in total. The predicted octanol–water partition coefficient (Wildman–Crippen LogP) is -0.546. The van der Waals surface area contributed by atoms with Crippen LogP contribution in [0, 0.1) is 0 Å². The Hall–Kier alpha value is -2.09. The summed E-state index contributed by atoms with van der Waals surface area (Å²) in [4.78, 5) is 12.0. The highest BCUT2D eigenvalue weighted by Crippen LogP contribution is 2.29. The maximum atomic E-state index is 12.0. The molecule has 0 spiro atoms. The van der Waals surface area contributed by atoms with Gasteiger partial charge in [-0.05, 0) is 22.6 Å².